The molecule has 2 aliphatic rings. The third-order valence-electron chi connectivity index (χ3n) is 5.70. The van der Waals surface area contributed by atoms with Crippen molar-refractivity contribution >= 4 is 30.6 Å². The van der Waals surface area contributed by atoms with Gasteiger partial charge in [-0.3, -0.25) is 0 Å². The summed E-state index contributed by atoms with van der Waals surface area (Å²) in [4.78, 5) is 9.24. The van der Waals surface area contributed by atoms with Crippen LogP contribution in [0.15, 0.2) is 12.4 Å². The van der Waals surface area contributed by atoms with E-state index in [0.29, 0.717) is 37.0 Å². The van der Waals surface area contributed by atoms with Gasteiger partial charge in [-0.15, -0.1) is 35.0 Å². The van der Waals surface area contributed by atoms with E-state index in [4.69, 9.17) is 10.5 Å². The fraction of sp³-hybridized carbons (Fsp3) is 0.684. The van der Waals surface area contributed by atoms with E-state index < -0.39 is 0 Å². The van der Waals surface area contributed by atoms with E-state index >= 15 is 0 Å². The van der Waals surface area contributed by atoms with Crippen molar-refractivity contribution < 1.29 is 4.74 Å². The molecule has 0 radical (unpaired) electrons. The molecular formula is C19H31Cl2N7O. The largest absolute Gasteiger partial charge is 0.377 e. The summed E-state index contributed by atoms with van der Waals surface area (Å²) in [5.41, 5.74) is 7.00. The maximum absolute atomic E-state index is 5.95. The summed E-state index contributed by atoms with van der Waals surface area (Å²) in [6, 6.07) is 2.85. The lowest BCUT2D eigenvalue weighted by molar-refractivity contribution is 0.177. The normalized spacial score (nSPS) is 21.6. The predicted molar refractivity (Wildman–Crippen MR) is 117 cm³/mol. The summed E-state index contributed by atoms with van der Waals surface area (Å²) in [7, 11) is 1.66. The van der Waals surface area contributed by atoms with Crippen molar-refractivity contribution in [2.24, 2.45) is 5.73 Å². The molecular weight excluding hydrogens is 413 g/mol. The van der Waals surface area contributed by atoms with Crippen LogP contribution in [-0.4, -0.2) is 37.9 Å². The quantitative estimate of drug-likeness (QED) is 0.675. The number of ether oxygens (including phenoxy) is 1. The molecule has 162 valence electrons. The lowest BCUT2D eigenvalue weighted by atomic mass is 9.78. The SMILES string of the molecule is COCc1nc(NCc2nncn2C2CCCCC2)cc(C2CC(N)C2)n1.Cl.Cl. The van der Waals surface area contributed by atoms with Crippen LogP contribution in [0.2, 0.25) is 0 Å². The van der Waals surface area contributed by atoms with E-state index in [2.05, 4.69) is 30.0 Å². The van der Waals surface area contributed by atoms with Crippen LogP contribution in [0.25, 0.3) is 0 Å². The fourth-order valence-electron chi connectivity index (χ4n) is 4.14. The molecule has 0 amide bonds. The number of nitrogens with one attached hydrogen (secondary N) is 1. The molecule has 0 aliphatic heterocycles. The Morgan fingerprint density at radius 1 is 1.17 bits per heavy atom. The summed E-state index contributed by atoms with van der Waals surface area (Å²) < 4.78 is 7.47. The van der Waals surface area contributed by atoms with Crippen LogP contribution in [0.3, 0.4) is 0 Å². The van der Waals surface area contributed by atoms with E-state index in [0.717, 1.165) is 30.2 Å². The van der Waals surface area contributed by atoms with Crippen LogP contribution in [0.5, 0.6) is 0 Å². The maximum atomic E-state index is 5.95. The molecule has 8 nitrogen and oxygen atoms in total. The minimum absolute atomic E-state index is 0. The smallest absolute Gasteiger partial charge is 0.156 e. The number of hydrogen-bond acceptors (Lipinski definition) is 7. The standard InChI is InChI=1S/C19H29N7O.2ClH/c1-27-11-18-23-16(13-7-14(20)8-13)9-17(24-18)21-10-19-25-22-12-26(19)15-5-3-2-4-6-15;;/h9,12-15H,2-8,10-11,20H2,1H3,(H,21,23,24);2*1H. The highest BCUT2D eigenvalue weighted by Gasteiger charge is 2.29. The van der Waals surface area contributed by atoms with Crippen LogP contribution in [-0.2, 0) is 17.9 Å². The van der Waals surface area contributed by atoms with E-state index in [1.807, 2.05) is 12.4 Å². The first-order valence-corrected chi connectivity index (χ1v) is 9.97. The minimum Gasteiger partial charge on any atom is -0.377 e. The van der Waals surface area contributed by atoms with Gasteiger partial charge < -0.3 is 20.4 Å². The van der Waals surface area contributed by atoms with E-state index in [1.54, 1.807) is 7.11 Å². The lowest BCUT2D eigenvalue weighted by Crippen LogP contribution is -2.35. The Bertz CT molecular complexity index is 761. The molecule has 0 bridgehead atoms. The van der Waals surface area contributed by atoms with Crippen molar-refractivity contribution in [1.29, 1.82) is 0 Å². The average molecular weight is 444 g/mol. The van der Waals surface area contributed by atoms with Gasteiger partial charge in [-0.05, 0) is 25.7 Å². The van der Waals surface area contributed by atoms with Gasteiger partial charge in [0, 0.05) is 36.9 Å². The Morgan fingerprint density at radius 3 is 2.62 bits per heavy atom. The summed E-state index contributed by atoms with van der Waals surface area (Å²) >= 11 is 0. The number of hydrogen-bond donors (Lipinski definition) is 2. The molecule has 2 saturated carbocycles. The number of aromatic nitrogens is 5. The first-order valence-electron chi connectivity index (χ1n) is 9.97. The second-order valence-electron chi connectivity index (χ2n) is 7.76. The van der Waals surface area contributed by atoms with E-state index in [9.17, 15) is 0 Å². The molecule has 3 N–H and O–H groups in total. The molecule has 0 spiro atoms. The topological polar surface area (TPSA) is 104 Å². The monoisotopic (exact) mass is 443 g/mol. The molecule has 0 unspecified atom stereocenters. The molecule has 2 aromatic rings. The Balaban J connectivity index is 0.00000150. The molecule has 0 atom stereocenters. The number of anilines is 1. The zero-order valence-corrected chi connectivity index (χ0v) is 18.4. The van der Waals surface area contributed by atoms with Crippen molar-refractivity contribution in [3.05, 3.63) is 29.7 Å². The van der Waals surface area contributed by atoms with Gasteiger partial charge in [0.05, 0.1) is 6.54 Å². The molecule has 2 aliphatic carbocycles. The molecule has 2 fully saturated rings. The van der Waals surface area contributed by atoms with Crippen molar-refractivity contribution in [2.45, 2.75) is 76.1 Å². The molecule has 4 rings (SSSR count). The Kier molecular flexibility index (Phi) is 9.07. The van der Waals surface area contributed by atoms with Crippen LogP contribution in [0.4, 0.5) is 5.82 Å². The first-order chi connectivity index (χ1) is 13.2. The predicted octanol–water partition coefficient (Wildman–Crippen LogP) is 3.38. The number of nitrogens with zero attached hydrogens (tertiary/aromatic N) is 5. The van der Waals surface area contributed by atoms with Gasteiger partial charge >= 0.3 is 0 Å². The number of halogens is 2. The second-order valence-corrected chi connectivity index (χ2v) is 7.76. The summed E-state index contributed by atoms with van der Waals surface area (Å²) in [6.07, 6.45) is 10.2. The van der Waals surface area contributed by atoms with Gasteiger partial charge in [-0.2, -0.15) is 0 Å². The fourth-order valence-corrected chi connectivity index (χ4v) is 4.14. The van der Waals surface area contributed by atoms with Crippen molar-refractivity contribution in [3.8, 4) is 0 Å². The van der Waals surface area contributed by atoms with Crippen LogP contribution in [0, 0.1) is 0 Å². The van der Waals surface area contributed by atoms with Crippen molar-refractivity contribution in [2.75, 3.05) is 12.4 Å². The van der Waals surface area contributed by atoms with Gasteiger partial charge in [0.15, 0.2) is 11.6 Å². The van der Waals surface area contributed by atoms with Gasteiger partial charge in [0.1, 0.15) is 18.8 Å². The summed E-state index contributed by atoms with van der Waals surface area (Å²) in [5.74, 6) is 2.89. The van der Waals surface area contributed by atoms with Gasteiger partial charge in [-0.1, -0.05) is 19.3 Å². The lowest BCUT2D eigenvalue weighted by Gasteiger charge is -2.32. The maximum Gasteiger partial charge on any atom is 0.156 e. The molecule has 0 saturated heterocycles. The number of rotatable bonds is 7. The van der Waals surface area contributed by atoms with Gasteiger partial charge in [-0.25, -0.2) is 9.97 Å². The third kappa shape index (κ3) is 5.78. The molecule has 2 aromatic heterocycles. The minimum atomic E-state index is 0. The van der Waals surface area contributed by atoms with Gasteiger partial charge in [0.25, 0.3) is 0 Å². The second kappa shape index (κ2) is 11.1. The van der Waals surface area contributed by atoms with Crippen LogP contribution >= 0.6 is 24.8 Å². The molecule has 29 heavy (non-hydrogen) atoms. The highest BCUT2D eigenvalue weighted by Crippen LogP contribution is 2.35. The van der Waals surface area contributed by atoms with Crippen molar-refractivity contribution in [3.63, 3.8) is 0 Å². The highest BCUT2D eigenvalue weighted by molar-refractivity contribution is 5.85. The average Bonchev–Trinajstić information content (AvgIpc) is 3.13. The Morgan fingerprint density at radius 2 is 1.93 bits per heavy atom. The third-order valence-corrected chi connectivity index (χ3v) is 5.70. The Hall–Kier alpha value is -1.48. The molecule has 2 heterocycles. The van der Waals surface area contributed by atoms with Crippen molar-refractivity contribution in [1.82, 2.24) is 24.7 Å². The number of methoxy groups -OCH3 is 1. The molecule has 10 heteroatoms. The van der Waals surface area contributed by atoms with E-state index in [-0.39, 0.29) is 24.8 Å². The van der Waals surface area contributed by atoms with Crippen LogP contribution in [0.1, 0.15) is 74.2 Å². The first kappa shape index (κ1) is 23.8. The Labute approximate surface area is 184 Å². The summed E-state index contributed by atoms with van der Waals surface area (Å²) in [6.45, 7) is 1.00. The summed E-state index contributed by atoms with van der Waals surface area (Å²) in [5, 5.41) is 11.9. The van der Waals surface area contributed by atoms with Crippen LogP contribution < -0.4 is 11.1 Å². The van der Waals surface area contributed by atoms with Gasteiger partial charge in [0.2, 0.25) is 0 Å². The number of nitrogens with two attached hydrogens (primary N) is 1. The molecule has 0 aromatic carbocycles. The zero-order valence-electron chi connectivity index (χ0n) is 16.8. The zero-order chi connectivity index (χ0) is 18.6. The van der Waals surface area contributed by atoms with E-state index in [1.165, 1.54) is 32.1 Å². The highest BCUT2D eigenvalue weighted by atomic mass is 35.5.